The predicted octanol–water partition coefficient (Wildman–Crippen LogP) is 1.29. The number of rotatable bonds is 5. The number of imide groups is 1. The number of nitrogens with one attached hydrogen (secondary N) is 2. The first-order valence-electron chi connectivity index (χ1n) is 10.5. The molecule has 0 aliphatic carbocycles. The Balaban J connectivity index is 1.61. The molecule has 1 aromatic carbocycles. The first kappa shape index (κ1) is 21.0. The number of aryl methyl sites for hydroxylation is 1. The fraction of sp³-hybridized carbons (Fsp3) is 0.455. The Labute approximate surface area is 181 Å². The van der Waals surface area contributed by atoms with Crippen LogP contribution in [0.4, 0.5) is 4.79 Å². The summed E-state index contributed by atoms with van der Waals surface area (Å²) in [6, 6.07) is 8.87. The van der Waals surface area contributed by atoms with Crippen LogP contribution in [0, 0.1) is 13.8 Å². The lowest BCUT2D eigenvalue weighted by atomic mass is 10.00. The van der Waals surface area contributed by atoms with Crippen molar-refractivity contribution < 1.29 is 14.4 Å². The molecule has 2 N–H and O–H groups in total. The average Bonchev–Trinajstić information content (AvgIpc) is 3.12. The SMILES string of the molecule is Cc1nn(-c2ccccc2)c(C)c1[C@@H]1C(=O)NCCN1CCN1C(=O)NC(C)(C)C1=O. The lowest BCUT2D eigenvalue weighted by molar-refractivity contribution is -0.131. The van der Waals surface area contributed by atoms with E-state index in [0.29, 0.717) is 19.6 Å². The molecule has 1 aromatic heterocycles. The van der Waals surface area contributed by atoms with Crippen molar-refractivity contribution in [3.05, 3.63) is 47.3 Å². The van der Waals surface area contributed by atoms with Gasteiger partial charge in [-0.15, -0.1) is 0 Å². The molecule has 2 aromatic rings. The molecule has 164 valence electrons. The Morgan fingerprint density at radius 2 is 1.81 bits per heavy atom. The Bertz CT molecular complexity index is 1030. The third-order valence-corrected chi connectivity index (χ3v) is 5.99. The van der Waals surface area contributed by atoms with Gasteiger partial charge in [-0.1, -0.05) is 18.2 Å². The molecule has 3 heterocycles. The minimum absolute atomic E-state index is 0.0948. The van der Waals surface area contributed by atoms with E-state index in [-0.39, 0.29) is 18.4 Å². The lowest BCUT2D eigenvalue weighted by Crippen LogP contribution is -2.52. The van der Waals surface area contributed by atoms with Gasteiger partial charge < -0.3 is 10.6 Å². The van der Waals surface area contributed by atoms with Gasteiger partial charge in [0.1, 0.15) is 11.6 Å². The molecule has 2 saturated heterocycles. The number of aromatic nitrogens is 2. The summed E-state index contributed by atoms with van der Waals surface area (Å²) in [5, 5.41) is 10.3. The maximum Gasteiger partial charge on any atom is 0.325 e. The molecule has 2 fully saturated rings. The van der Waals surface area contributed by atoms with E-state index in [9.17, 15) is 14.4 Å². The number of urea groups is 1. The maximum atomic E-state index is 12.9. The number of carbonyl (C=O) groups is 3. The van der Waals surface area contributed by atoms with Crippen molar-refractivity contribution in [2.45, 2.75) is 39.3 Å². The molecule has 0 radical (unpaired) electrons. The zero-order valence-corrected chi connectivity index (χ0v) is 18.3. The van der Waals surface area contributed by atoms with Crippen LogP contribution >= 0.6 is 0 Å². The van der Waals surface area contributed by atoms with E-state index < -0.39 is 17.6 Å². The molecule has 0 unspecified atom stereocenters. The van der Waals surface area contributed by atoms with Gasteiger partial charge in [-0.25, -0.2) is 9.48 Å². The van der Waals surface area contributed by atoms with E-state index in [0.717, 1.165) is 22.6 Å². The van der Waals surface area contributed by atoms with Crippen molar-refractivity contribution in [2.24, 2.45) is 0 Å². The molecule has 2 aliphatic heterocycles. The predicted molar refractivity (Wildman–Crippen MR) is 115 cm³/mol. The van der Waals surface area contributed by atoms with Gasteiger partial charge in [0.25, 0.3) is 5.91 Å². The quantitative estimate of drug-likeness (QED) is 0.705. The van der Waals surface area contributed by atoms with E-state index in [1.54, 1.807) is 13.8 Å². The van der Waals surface area contributed by atoms with E-state index >= 15 is 0 Å². The van der Waals surface area contributed by atoms with Crippen LogP contribution < -0.4 is 10.6 Å². The van der Waals surface area contributed by atoms with Crippen LogP contribution in [0.25, 0.3) is 5.69 Å². The van der Waals surface area contributed by atoms with Crippen molar-refractivity contribution in [3.8, 4) is 5.69 Å². The van der Waals surface area contributed by atoms with E-state index in [4.69, 9.17) is 0 Å². The zero-order valence-electron chi connectivity index (χ0n) is 18.3. The molecular formula is C22H28N6O3. The second kappa shape index (κ2) is 7.81. The highest BCUT2D eigenvalue weighted by Crippen LogP contribution is 2.30. The number of piperazine rings is 1. The van der Waals surface area contributed by atoms with Gasteiger partial charge in [0.2, 0.25) is 5.91 Å². The molecule has 2 aliphatic rings. The van der Waals surface area contributed by atoms with Crippen LogP contribution in [0.3, 0.4) is 0 Å². The fourth-order valence-corrected chi connectivity index (χ4v) is 4.39. The van der Waals surface area contributed by atoms with Crippen molar-refractivity contribution in [1.82, 2.24) is 30.2 Å². The van der Waals surface area contributed by atoms with Crippen LogP contribution in [-0.4, -0.2) is 69.1 Å². The number of amides is 4. The molecule has 4 rings (SSSR count). The highest BCUT2D eigenvalue weighted by molar-refractivity contribution is 6.06. The summed E-state index contributed by atoms with van der Waals surface area (Å²) in [5.74, 6) is -0.345. The topological polar surface area (TPSA) is 99.6 Å². The third-order valence-electron chi connectivity index (χ3n) is 5.99. The van der Waals surface area contributed by atoms with Crippen LogP contribution in [-0.2, 0) is 9.59 Å². The number of hydrogen-bond acceptors (Lipinski definition) is 5. The molecule has 31 heavy (non-hydrogen) atoms. The largest absolute Gasteiger partial charge is 0.353 e. The normalized spacial score (nSPS) is 21.4. The molecule has 9 heteroatoms. The van der Waals surface area contributed by atoms with Gasteiger partial charge in [0, 0.05) is 37.4 Å². The van der Waals surface area contributed by atoms with Crippen LogP contribution in [0.2, 0.25) is 0 Å². The highest BCUT2D eigenvalue weighted by atomic mass is 16.2. The molecular weight excluding hydrogens is 396 g/mol. The standard InChI is InChI=1S/C22H28N6O3/c1-14-17(15(2)28(25-14)16-8-6-5-7-9-16)18-19(29)23-10-11-26(18)12-13-27-20(30)22(3,4)24-21(27)31/h5-9,18H,10-13H2,1-4H3,(H,23,29)(H,24,31)/t18-/m1/s1. The molecule has 0 bridgehead atoms. The van der Waals surface area contributed by atoms with Gasteiger partial charge in [-0.2, -0.15) is 5.10 Å². The average molecular weight is 425 g/mol. The molecule has 0 saturated carbocycles. The molecule has 0 spiro atoms. The summed E-state index contributed by atoms with van der Waals surface area (Å²) in [5.41, 5.74) is 2.56. The van der Waals surface area contributed by atoms with E-state index in [1.165, 1.54) is 4.90 Å². The van der Waals surface area contributed by atoms with Gasteiger partial charge in [-0.05, 0) is 39.8 Å². The number of nitrogens with zero attached hydrogens (tertiary/aromatic N) is 4. The van der Waals surface area contributed by atoms with Gasteiger partial charge in [-0.3, -0.25) is 19.4 Å². The molecule has 9 nitrogen and oxygen atoms in total. The molecule has 4 amide bonds. The first-order chi connectivity index (χ1) is 14.7. The van der Waals surface area contributed by atoms with Crippen molar-refractivity contribution in [2.75, 3.05) is 26.2 Å². The number of para-hydroxylation sites is 1. The van der Waals surface area contributed by atoms with E-state index in [1.807, 2.05) is 53.8 Å². The zero-order chi connectivity index (χ0) is 22.3. The van der Waals surface area contributed by atoms with Crippen LogP contribution in [0.15, 0.2) is 30.3 Å². The number of carbonyl (C=O) groups excluding carboxylic acids is 3. The monoisotopic (exact) mass is 424 g/mol. The fourth-order valence-electron chi connectivity index (χ4n) is 4.39. The van der Waals surface area contributed by atoms with Crippen molar-refractivity contribution >= 4 is 17.8 Å². The molecule has 1 atom stereocenters. The second-order valence-corrected chi connectivity index (χ2v) is 8.57. The van der Waals surface area contributed by atoms with Crippen molar-refractivity contribution in [3.63, 3.8) is 0 Å². The Hall–Kier alpha value is -3.20. The maximum absolute atomic E-state index is 12.9. The Morgan fingerprint density at radius 1 is 1.10 bits per heavy atom. The highest BCUT2D eigenvalue weighted by Gasteiger charge is 2.44. The smallest absolute Gasteiger partial charge is 0.325 e. The summed E-state index contributed by atoms with van der Waals surface area (Å²) in [6.07, 6.45) is 0. The lowest BCUT2D eigenvalue weighted by Gasteiger charge is -2.36. The first-order valence-corrected chi connectivity index (χ1v) is 10.5. The van der Waals surface area contributed by atoms with Crippen LogP contribution in [0.1, 0.15) is 36.8 Å². The Morgan fingerprint density at radius 3 is 2.45 bits per heavy atom. The summed E-state index contributed by atoms with van der Waals surface area (Å²) >= 11 is 0. The van der Waals surface area contributed by atoms with Gasteiger partial charge in [0.15, 0.2) is 0 Å². The van der Waals surface area contributed by atoms with Crippen molar-refractivity contribution in [1.29, 1.82) is 0 Å². The van der Waals surface area contributed by atoms with Gasteiger partial charge in [0.05, 0.1) is 11.4 Å². The van der Waals surface area contributed by atoms with Gasteiger partial charge >= 0.3 is 6.03 Å². The third kappa shape index (κ3) is 3.69. The summed E-state index contributed by atoms with van der Waals surface area (Å²) in [7, 11) is 0. The summed E-state index contributed by atoms with van der Waals surface area (Å²) in [4.78, 5) is 41.0. The van der Waals surface area contributed by atoms with Crippen LogP contribution in [0.5, 0.6) is 0 Å². The van der Waals surface area contributed by atoms with E-state index in [2.05, 4.69) is 15.7 Å². The number of benzene rings is 1. The number of hydrogen-bond donors (Lipinski definition) is 2. The Kier molecular flexibility index (Phi) is 5.30. The minimum atomic E-state index is -0.903. The second-order valence-electron chi connectivity index (χ2n) is 8.57. The summed E-state index contributed by atoms with van der Waals surface area (Å²) < 4.78 is 1.85. The minimum Gasteiger partial charge on any atom is -0.353 e. The summed E-state index contributed by atoms with van der Waals surface area (Å²) in [6.45, 7) is 9.02.